The molecule has 0 aliphatic carbocycles. The van der Waals surface area contributed by atoms with Crippen LogP contribution in [0, 0.1) is 11.8 Å². The van der Waals surface area contributed by atoms with Gasteiger partial charge >= 0.3 is 5.97 Å². The molecule has 0 fully saturated rings. The summed E-state index contributed by atoms with van der Waals surface area (Å²) in [5.41, 5.74) is 6.60. The summed E-state index contributed by atoms with van der Waals surface area (Å²) in [6, 6.07) is 16.1. The molecule has 11 nitrogen and oxygen atoms in total. The third-order valence-corrected chi connectivity index (χ3v) is 6.97. The van der Waals surface area contributed by atoms with Gasteiger partial charge in [0, 0.05) is 29.9 Å². The van der Waals surface area contributed by atoms with E-state index in [9.17, 15) is 13.2 Å². The number of para-hydroxylation sites is 1. The van der Waals surface area contributed by atoms with E-state index in [4.69, 9.17) is 25.1 Å². The SMILES string of the molecule is NCCOCCOCCOc1ccc(NS(=O)(=O)c2cccc3cccnc23)c(C#Cc2ccc(C(=O)O)nc2)c1. The molecule has 0 atom stereocenters. The summed E-state index contributed by atoms with van der Waals surface area (Å²) in [6.07, 6.45) is 2.86. The number of ether oxygens (including phenoxy) is 3. The molecule has 212 valence electrons. The predicted molar refractivity (Wildman–Crippen MR) is 152 cm³/mol. The van der Waals surface area contributed by atoms with E-state index in [1.54, 1.807) is 42.5 Å². The Morgan fingerprint density at radius 1 is 0.927 bits per heavy atom. The Balaban J connectivity index is 1.57. The number of hydrogen-bond donors (Lipinski definition) is 3. The number of nitrogens with one attached hydrogen (secondary N) is 1. The van der Waals surface area contributed by atoms with E-state index in [0.717, 1.165) is 0 Å². The van der Waals surface area contributed by atoms with Crippen LogP contribution in [0.5, 0.6) is 5.75 Å². The fourth-order valence-electron chi connectivity index (χ4n) is 3.66. The monoisotopic (exact) mass is 576 g/mol. The second-order valence-electron chi connectivity index (χ2n) is 8.49. The van der Waals surface area contributed by atoms with E-state index in [0.29, 0.717) is 60.8 Å². The zero-order valence-electron chi connectivity index (χ0n) is 21.9. The highest BCUT2D eigenvalue weighted by Crippen LogP contribution is 2.27. The number of benzene rings is 2. The van der Waals surface area contributed by atoms with Gasteiger partial charge in [-0.3, -0.25) is 9.71 Å². The first-order chi connectivity index (χ1) is 19.9. The molecule has 0 aliphatic rings. The number of carbonyl (C=O) groups is 1. The van der Waals surface area contributed by atoms with Gasteiger partial charge in [-0.25, -0.2) is 18.2 Å². The molecular weight excluding hydrogens is 548 g/mol. The molecule has 0 bridgehead atoms. The summed E-state index contributed by atoms with van der Waals surface area (Å²) in [7, 11) is -4.05. The Hall–Kier alpha value is -4.54. The van der Waals surface area contributed by atoms with Crippen LogP contribution < -0.4 is 15.2 Å². The van der Waals surface area contributed by atoms with Crippen molar-refractivity contribution in [3.05, 3.63) is 89.9 Å². The Labute approximate surface area is 237 Å². The average Bonchev–Trinajstić information content (AvgIpc) is 2.98. The standard InChI is InChI=1S/C29H28N4O7S/c30-12-14-38-15-16-39-17-18-40-24-9-11-25(23(19-24)8-6-21-7-10-26(29(34)35)32-20-21)33-41(36,37)27-5-1-3-22-4-2-13-31-28(22)27/h1-5,7,9-11,13,19-20,33H,12,14-18,30H2,(H,34,35). The molecule has 4 rings (SSSR count). The summed E-state index contributed by atoms with van der Waals surface area (Å²) in [5, 5.41) is 9.75. The van der Waals surface area contributed by atoms with Gasteiger partial charge in [-0.15, -0.1) is 0 Å². The second-order valence-corrected chi connectivity index (χ2v) is 10.1. The molecular formula is C29H28N4O7S. The lowest BCUT2D eigenvalue weighted by Gasteiger charge is -2.13. The normalized spacial score (nSPS) is 11.0. The zero-order valence-corrected chi connectivity index (χ0v) is 22.8. The van der Waals surface area contributed by atoms with Crippen molar-refractivity contribution >= 4 is 32.6 Å². The minimum atomic E-state index is -4.05. The summed E-state index contributed by atoms with van der Waals surface area (Å²) in [4.78, 5) is 19.2. The molecule has 4 N–H and O–H groups in total. The maximum atomic E-state index is 13.4. The van der Waals surface area contributed by atoms with Crippen LogP contribution in [-0.2, 0) is 19.5 Å². The number of anilines is 1. The van der Waals surface area contributed by atoms with E-state index in [1.165, 1.54) is 30.6 Å². The third kappa shape index (κ3) is 8.23. The van der Waals surface area contributed by atoms with Crippen molar-refractivity contribution in [1.29, 1.82) is 0 Å². The molecule has 0 spiro atoms. The molecule has 12 heteroatoms. The molecule has 0 saturated heterocycles. The van der Waals surface area contributed by atoms with Crippen LogP contribution in [0.4, 0.5) is 5.69 Å². The molecule has 2 aromatic heterocycles. The summed E-state index contributed by atoms with van der Waals surface area (Å²) >= 11 is 0. The molecule has 0 unspecified atom stereocenters. The lowest BCUT2D eigenvalue weighted by molar-refractivity contribution is 0.0388. The largest absolute Gasteiger partial charge is 0.491 e. The zero-order chi connectivity index (χ0) is 29.1. The van der Waals surface area contributed by atoms with Crippen molar-refractivity contribution in [3.8, 4) is 17.6 Å². The smallest absolute Gasteiger partial charge is 0.354 e. The van der Waals surface area contributed by atoms with E-state index in [2.05, 4.69) is 26.5 Å². The van der Waals surface area contributed by atoms with Crippen LogP contribution in [0.3, 0.4) is 0 Å². The van der Waals surface area contributed by atoms with Gasteiger partial charge in [0.25, 0.3) is 10.0 Å². The Bertz CT molecular complexity index is 1660. The van der Waals surface area contributed by atoms with Crippen LogP contribution in [0.2, 0.25) is 0 Å². The van der Waals surface area contributed by atoms with Crippen molar-refractivity contribution in [2.75, 3.05) is 44.3 Å². The summed E-state index contributed by atoms with van der Waals surface area (Å²) < 4.78 is 46.0. The maximum Gasteiger partial charge on any atom is 0.354 e. The van der Waals surface area contributed by atoms with Gasteiger partial charge in [-0.2, -0.15) is 0 Å². The number of nitrogens with two attached hydrogens (primary N) is 1. The number of nitrogens with zero attached hydrogens (tertiary/aromatic N) is 2. The Kier molecular flexibility index (Phi) is 10.2. The number of aromatic carboxylic acids is 1. The fraction of sp³-hybridized carbons (Fsp3) is 0.207. The van der Waals surface area contributed by atoms with Crippen LogP contribution in [0.15, 0.2) is 78.0 Å². The molecule has 4 aromatic rings. The number of carboxylic acid groups (broad SMARTS) is 1. The van der Waals surface area contributed by atoms with E-state index >= 15 is 0 Å². The number of rotatable bonds is 13. The van der Waals surface area contributed by atoms with Gasteiger partial charge in [0.2, 0.25) is 0 Å². The van der Waals surface area contributed by atoms with Crippen molar-refractivity contribution < 1.29 is 32.5 Å². The third-order valence-electron chi connectivity index (χ3n) is 5.58. The summed E-state index contributed by atoms with van der Waals surface area (Å²) in [5.74, 6) is 5.14. The lowest BCUT2D eigenvalue weighted by atomic mass is 10.1. The summed E-state index contributed by atoms with van der Waals surface area (Å²) in [6.45, 7) is 2.31. The quantitative estimate of drug-likeness (QED) is 0.159. The maximum absolute atomic E-state index is 13.4. The van der Waals surface area contributed by atoms with Crippen LogP contribution in [0.1, 0.15) is 21.6 Å². The highest BCUT2D eigenvalue weighted by Gasteiger charge is 2.20. The first-order valence-corrected chi connectivity index (χ1v) is 14.1. The van der Waals surface area contributed by atoms with E-state index in [-0.39, 0.29) is 22.9 Å². The van der Waals surface area contributed by atoms with Gasteiger partial charge < -0.3 is 25.1 Å². The number of aromatic nitrogens is 2. The van der Waals surface area contributed by atoms with Gasteiger partial charge in [0.15, 0.2) is 0 Å². The topological polar surface area (TPSA) is 163 Å². The number of fused-ring (bicyclic) bond motifs is 1. The highest BCUT2D eigenvalue weighted by molar-refractivity contribution is 7.93. The minimum absolute atomic E-state index is 0.0240. The number of hydrogen-bond acceptors (Lipinski definition) is 9. The van der Waals surface area contributed by atoms with Crippen molar-refractivity contribution in [2.24, 2.45) is 5.73 Å². The number of pyridine rings is 2. The lowest BCUT2D eigenvalue weighted by Crippen LogP contribution is -2.15. The molecule has 0 radical (unpaired) electrons. The molecule has 0 aliphatic heterocycles. The molecule has 2 heterocycles. The minimum Gasteiger partial charge on any atom is -0.491 e. The van der Waals surface area contributed by atoms with Gasteiger partial charge in [0.1, 0.15) is 22.9 Å². The Morgan fingerprint density at radius 2 is 1.71 bits per heavy atom. The molecule has 2 aromatic carbocycles. The Morgan fingerprint density at radius 3 is 2.46 bits per heavy atom. The van der Waals surface area contributed by atoms with Gasteiger partial charge in [0.05, 0.1) is 43.2 Å². The molecule has 0 amide bonds. The molecule has 41 heavy (non-hydrogen) atoms. The average molecular weight is 577 g/mol. The van der Waals surface area contributed by atoms with Crippen LogP contribution in [-0.4, -0.2) is 69.0 Å². The van der Waals surface area contributed by atoms with E-state index < -0.39 is 16.0 Å². The van der Waals surface area contributed by atoms with Crippen molar-refractivity contribution in [3.63, 3.8) is 0 Å². The van der Waals surface area contributed by atoms with Gasteiger partial charge in [-0.05, 0) is 42.5 Å². The second kappa shape index (κ2) is 14.2. The highest BCUT2D eigenvalue weighted by atomic mass is 32.2. The number of sulfonamides is 1. The van der Waals surface area contributed by atoms with Crippen molar-refractivity contribution in [2.45, 2.75) is 4.90 Å². The number of carboxylic acids is 1. The fourth-order valence-corrected chi connectivity index (χ4v) is 4.92. The first-order valence-electron chi connectivity index (χ1n) is 12.6. The van der Waals surface area contributed by atoms with E-state index in [1.807, 2.05) is 0 Å². The predicted octanol–water partition coefficient (Wildman–Crippen LogP) is 2.90. The van der Waals surface area contributed by atoms with Crippen LogP contribution >= 0.6 is 0 Å². The van der Waals surface area contributed by atoms with Crippen molar-refractivity contribution in [1.82, 2.24) is 9.97 Å². The molecule has 0 saturated carbocycles. The van der Waals surface area contributed by atoms with Crippen LogP contribution in [0.25, 0.3) is 10.9 Å². The van der Waals surface area contributed by atoms with Gasteiger partial charge in [-0.1, -0.05) is 30.0 Å². The first kappa shape index (κ1) is 29.4.